The Balaban J connectivity index is 1.51. The number of piperazine rings is 1. The van der Waals surface area contributed by atoms with Crippen LogP contribution in [0.5, 0.6) is 0 Å². The van der Waals surface area contributed by atoms with Gasteiger partial charge in [0.25, 0.3) is 0 Å². The number of fused-ring (bicyclic) bond motifs is 1. The van der Waals surface area contributed by atoms with E-state index in [0.29, 0.717) is 69.8 Å². The molecule has 3 aliphatic heterocycles. The summed E-state index contributed by atoms with van der Waals surface area (Å²) >= 11 is 5.62. The van der Waals surface area contributed by atoms with E-state index in [2.05, 4.69) is 16.5 Å². The maximum Gasteiger partial charge on any atom is 0.417 e. The SMILES string of the molecule is C=CC(=O)N1CCN(c2nc(=O)n3c4c(c(-c5scc6sc(N)nc56)c(C(F)(F)F)cc24)SCC2(CSC2)C3)CC1. The third kappa shape index (κ3) is 4.34. The molecule has 214 valence electrons. The van der Waals surface area contributed by atoms with Crippen LogP contribution in [0.3, 0.4) is 0 Å². The fraction of sp³-hybridized carbons (Fsp3) is 0.385. The average Bonchev–Trinajstić information content (AvgIpc) is 3.41. The van der Waals surface area contributed by atoms with Crippen molar-refractivity contribution in [2.24, 2.45) is 5.41 Å². The van der Waals surface area contributed by atoms with Gasteiger partial charge in [0.15, 0.2) is 5.13 Å². The highest BCUT2D eigenvalue weighted by molar-refractivity contribution is 8.01. The first-order valence-corrected chi connectivity index (χ1v) is 16.6. The van der Waals surface area contributed by atoms with Gasteiger partial charge in [0.1, 0.15) is 11.3 Å². The highest BCUT2D eigenvalue weighted by atomic mass is 32.2. The molecule has 41 heavy (non-hydrogen) atoms. The van der Waals surface area contributed by atoms with Crippen LogP contribution in [0.2, 0.25) is 0 Å². The summed E-state index contributed by atoms with van der Waals surface area (Å²) in [5.74, 6) is 2.27. The number of nitrogen functional groups attached to an aromatic ring is 1. The van der Waals surface area contributed by atoms with Crippen LogP contribution in [-0.2, 0) is 17.5 Å². The van der Waals surface area contributed by atoms with Crippen LogP contribution in [0.1, 0.15) is 5.56 Å². The molecule has 2 N–H and O–H groups in total. The minimum atomic E-state index is -4.68. The second kappa shape index (κ2) is 9.64. The number of thioether (sulfide) groups is 2. The molecule has 0 radical (unpaired) electrons. The Morgan fingerprint density at radius 1 is 1.15 bits per heavy atom. The van der Waals surface area contributed by atoms with Gasteiger partial charge < -0.3 is 15.5 Å². The molecular formula is C26H23F3N6O2S4. The minimum absolute atomic E-state index is 0.0519. The molecule has 1 aromatic carbocycles. The van der Waals surface area contributed by atoms with Crippen LogP contribution in [0.4, 0.5) is 24.1 Å². The number of rotatable bonds is 3. The molecule has 0 atom stereocenters. The van der Waals surface area contributed by atoms with Crippen molar-refractivity contribution >= 4 is 84.2 Å². The van der Waals surface area contributed by atoms with Gasteiger partial charge in [-0.05, 0) is 12.1 Å². The number of aromatic nitrogens is 3. The summed E-state index contributed by atoms with van der Waals surface area (Å²) in [6.45, 7) is 5.30. The zero-order chi connectivity index (χ0) is 28.7. The zero-order valence-corrected chi connectivity index (χ0v) is 24.8. The van der Waals surface area contributed by atoms with Gasteiger partial charge in [-0.2, -0.15) is 29.9 Å². The summed E-state index contributed by atoms with van der Waals surface area (Å²) in [6, 6.07) is 1.16. The number of carbonyl (C=O) groups excluding carboxylic acids is 1. The fourth-order valence-corrected chi connectivity index (χ4v) is 10.6. The van der Waals surface area contributed by atoms with Crippen molar-refractivity contribution in [1.29, 1.82) is 0 Å². The number of hydrogen-bond acceptors (Lipinski definition) is 10. The molecular weight excluding hydrogens is 614 g/mol. The van der Waals surface area contributed by atoms with Crippen LogP contribution in [0.25, 0.3) is 31.6 Å². The number of amides is 1. The molecule has 8 nitrogen and oxygen atoms in total. The fourth-order valence-electron chi connectivity index (χ4n) is 5.75. The predicted octanol–water partition coefficient (Wildman–Crippen LogP) is 5.01. The molecule has 2 saturated heterocycles. The molecule has 0 unspecified atom stereocenters. The number of nitrogens with zero attached hydrogens (tertiary/aromatic N) is 5. The number of anilines is 2. The Hall–Kier alpha value is -2.75. The lowest BCUT2D eigenvalue weighted by molar-refractivity contribution is -0.137. The number of nitrogens with two attached hydrogens (primary N) is 1. The standard InChI is InChI=1S/C26H23F3N6O2S4/c1-2-16(36)33-3-5-34(6-4-33)22-13-7-14(26(27,28)29)17(20-18-15(8-39-20)41-23(30)31-18)21-19(13)35(24(37)32-22)9-25(12-40-21)10-38-11-25/h2,7-8H,1,3-6,9-12H2,(H2,30,31). The molecule has 1 spiro atoms. The van der Waals surface area contributed by atoms with Gasteiger partial charge in [-0.1, -0.05) is 17.9 Å². The maximum atomic E-state index is 15.0. The van der Waals surface area contributed by atoms with E-state index in [-0.39, 0.29) is 22.7 Å². The lowest BCUT2D eigenvalue weighted by Gasteiger charge is -2.40. The van der Waals surface area contributed by atoms with E-state index >= 15 is 0 Å². The lowest BCUT2D eigenvalue weighted by Crippen LogP contribution is -2.49. The Kier molecular flexibility index (Phi) is 6.37. The molecule has 3 aliphatic rings. The molecule has 0 bridgehead atoms. The highest BCUT2D eigenvalue weighted by Crippen LogP contribution is 2.54. The average molecular weight is 637 g/mol. The third-order valence-corrected chi connectivity index (χ3v) is 12.8. The smallest absolute Gasteiger partial charge is 0.375 e. The number of thiazole rings is 1. The van der Waals surface area contributed by atoms with Crippen molar-refractivity contribution in [3.63, 3.8) is 0 Å². The quantitative estimate of drug-likeness (QED) is 0.314. The van der Waals surface area contributed by atoms with Crippen LogP contribution >= 0.6 is 46.2 Å². The molecule has 7 rings (SSSR count). The van der Waals surface area contributed by atoms with Crippen molar-refractivity contribution in [2.45, 2.75) is 17.6 Å². The van der Waals surface area contributed by atoms with Gasteiger partial charge in [0.05, 0.1) is 20.7 Å². The molecule has 4 aromatic rings. The summed E-state index contributed by atoms with van der Waals surface area (Å²) < 4.78 is 47.2. The molecule has 15 heteroatoms. The first-order chi connectivity index (χ1) is 19.6. The van der Waals surface area contributed by atoms with Crippen LogP contribution in [0.15, 0.2) is 33.8 Å². The maximum absolute atomic E-state index is 15.0. The lowest BCUT2D eigenvalue weighted by atomic mass is 9.94. The van der Waals surface area contributed by atoms with Gasteiger partial charge in [-0.25, -0.2) is 9.78 Å². The van der Waals surface area contributed by atoms with E-state index in [9.17, 15) is 22.8 Å². The first kappa shape index (κ1) is 27.1. The Morgan fingerprint density at radius 2 is 1.90 bits per heavy atom. The van der Waals surface area contributed by atoms with Crippen molar-refractivity contribution in [2.75, 3.05) is 54.1 Å². The third-order valence-electron chi connectivity index (χ3n) is 7.80. The largest absolute Gasteiger partial charge is 0.417 e. The molecule has 1 amide bonds. The van der Waals surface area contributed by atoms with Gasteiger partial charge >= 0.3 is 11.9 Å². The summed E-state index contributed by atoms with van der Waals surface area (Å²) in [5, 5.41) is 2.37. The number of carbonyl (C=O) groups is 1. The van der Waals surface area contributed by atoms with Crippen LogP contribution in [-0.4, -0.2) is 68.8 Å². The molecule has 0 saturated carbocycles. The number of hydrogen-bond donors (Lipinski definition) is 1. The van der Waals surface area contributed by atoms with Gasteiger partial charge in [-0.15, -0.1) is 23.1 Å². The second-order valence-electron chi connectivity index (χ2n) is 10.5. The predicted molar refractivity (Wildman–Crippen MR) is 161 cm³/mol. The van der Waals surface area contributed by atoms with E-state index in [1.807, 2.05) is 4.90 Å². The van der Waals surface area contributed by atoms with E-state index in [0.717, 1.165) is 22.3 Å². The number of benzene rings is 1. The highest BCUT2D eigenvalue weighted by Gasteiger charge is 2.44. The second-order valence-corrected chi connectivity index (χ2v) is 14.4. The van der Waals surface area contributed by atoms with E-state index in [1.165, 1.54) is 40.5 Å². The summed E-state index contributed by atoms with van der Waals surface area (Å²) in [4.78, 5) is 38.9. The summed E-state index contributed by atoms with van der Waals surface area (Å²) in [7, 11) is 0. The van der Waals surface area contributed by atoms with Gasteiger partial charge in [0, 0.05) is 76.6 Å². The van der Waals surface area contributed by atoms with E-state index < -0.39 is 17.4 Å². The normalized spacial score (nSPS) is 18.6. The minimum Gasteiger partial charge on any atom is -0.375 e. The molecule has 6 heterocycles. The number of alkyl halides is 3. The molecule has 3 aromatic heterocycles. The monoisotopic (exact) mass is 636 g/mol. The first-order valence-electron chi connectivity index (χ1n) is 12.8. The van der Waals surface area contributed by atoms with Crippen molar-refractivity contribution < 1.29 is 18.0 Å². The van der Waals surface area contributed by atoms with Crippen LogP contribution < -0.4 is 16.3 Å². The van der Waals surface area contributed by atoms with Crippen molar-refractivity contribution in [3.8, 4) is 10.4 Å². The summed E-state index contributed by atoms with van der Waals surface area (Å²) in [5.41, 5.74) is 5.47. The Morgan fingerprint density at radius 3 is 2.56 bits per heavy atom. The van der Waals surface area contributed by atoms with Crippen LogP contribution in [0, 0.1) is 5.41 Å². The summed E-state index contributed by atoms with van der Waals surface area (Å²) in [6.07, 6.45) is -3.44. The van der Waals surface area contributed by atoms with Gasteiger partial charge in [-0.3, -0.25) is 9.36 Å². The van der Waals surface area contributed by atoms with Crippen molar-refractivity contribution in [1.82, 2.24) is 19.4 Å². The van der Waals surface area contributed by atoms with E-state index in [1.54, 1.807) is 26.6 Å². The number of halogens is 3. The molecule has 0 aliphatic carbocycles. The van der Waals surface area contributed by atoms with Gasteiger partial charge in [0.2, 0.25) is 5.91 Å². The van der Waals surface area contributed by atoms with Crippen molar-refractivity contribution in [3.05, 3.63) is 40.1 Å². The zero-order valence-electron chi connectivity index (χ0n) is 21.5. The Labute approximate surface area is 248 Å². The number of thiophene rings is 1. The Bertz CT molecular complexity index is 1800. The molecule has 2 fully saturated rings. The topological polar surface area (TPSA) is 97.4 Å². The van der Waals surface area contributed by atoms with E-state index in [4.69, 9.17) is 5.73 Å².